The van der Waals surface area contributed by atoms with Crippen LogP contribution < -0.4 is 5.32 Å². The summed E-state index contributed by atoms with van der Waals surface area (Å²) in [4.78, 5) is 0. The van der Waals surface area contributed by atoms with Gasteiger partial charge in [-0.25, -0.2) is 0 Å². The Morgan fingerprint density at radius 1 is 1.29 bits per heavy atom. The van der Waals surface area contributed by atoms with E-state index in [9.17, 15) is 0 Å². The zero-order chi connectivity index (χ0) is 10.7. The average molecular weight is 199 g/mol. The summed E-state index contributed by atoms with van der Waals surface area (Å²) < 4.78 is 6.01. The van der Waals surface area contributed by atoms with Crippen LogP contribution in [0.5, 0.6) is 0 Å². The van der Waals surface area contributed by atoms with Crippen molar-refractivity contribution < 1.29 is 4.74 Å². The molecule has 1 aliphatic rings. The lowest BCUT2D eigenvalue weighted by Crippen LogP contribution is -2.54. The number of hydrogen-bond donors (Lipinski definition) is 1. The van der Waals surface area contributed by atoms with Crippen LogP contribution in [0.25, 0.3) is 0 Å². The van der Waals surface area contributed by atoms with Gasteiger partial charge in [0.25, 0.3) is 0 Å². The van der Waals surface area contributed by atoms with E-state index in [1.54, 1.807) is 0 Å². The predicted molar refractivity (Wildman–Crippen MR) is 60.4 cm³/mol. The molecule has 0 amide bonds. The molecule has 1 aliphatic heterocycles. The normalized spacial score (nSPS) is 34.1. The molecule has 3 unspecified atom stereocenters. The van der Waals surface area contributed by atoms with Crippen LogP contribution in [-0.4, -0.2) is 24.8 Å². The maximum atomic E-state index is 6.01. The molecule has 1 N–H and O–H groups in total. The average Bonchev–Trinajstić information content (AvgIpc) is 2.01. The van der Waals surface area contributed by atoms with Crippen LogP contribution in [0.4, 0.5) is 0 Å². The van der Waals surface area contributed by atoms with Crippen LogP contribution in [0.2, 0.25) is 0 Å². The summed E-state index contributed by atoms with van der Waals surface area (Å²) >= 11 is 0. The fourth-order valence-corrected chi connectivity index (χ4v) is 2.20. The lowest BCUT2D eigenvalue weighted by atomic mass is 9.91. The van der Waals surface area contributed by atoms with Gasteiger partial charge in [0.05, 0.1) is 12.2 Å². The first-order valence-electron chi connectivity index (χ1n) is 5.89. The van der Waals surface area contributed by atoms with Crippen molar-refractivity contribution in [1.29, 1.82) is 0 Å². The third-order valence-corrected chi connectivity index (χ3v) is 2.87. The fourth-order valence-electron chi connectivity index (χ4n) is 2.20. The van der Waals surface area contributed by atoms with E-state index in [4.69, 9.17) is 4.74 Å². The summed E-state index contributed by atoms with van der Waals surface area (Å²) in [6.45, 7) is 12.2. The second-order valence-corrected chi connectivity index (χ2v) is 5.29. The zero-order valence-corrected chi connectivity index (χ0v) is 10.2. The molecule has 0 aliphatic carbocycles. The van der Waals surface area contributed by atoms with E-state index in [0.717, 1.165) is 6.54 Å². The van der Waals surface area contributed by atoms with Crippen LogP contribution in [-0.2, 0) is 4.74 Å². The molecule has 84 valence electrons. The quantitative estimate of drug-likeness (QED) is 0.754. The Morgan fingerprint density at radius 2 is 1.93 bits per heavy atom. The molecule has 1 heterocycles. The highest BCUT2D eigenvalue weighted by atomic mass is 16.5. The van der Waals surface area contributed by atoms with Crippen molar-refractivity contribution in [2.24, 2.45) is 11.8 Å². The van der Waals surface area contributed by atoms with Crippen molar-refractivity contribution in [2.45, 2.75) is 59.3 Å². The molecule has 0 saturated carbocycles. The molecule has 0 radical (unpaired) electrons. The molecule has 1 saturated heterocycles. The Kier molecular flexibility index (Phi) is 4.39. The number of hydrogen-bond acceptors (Lipinski definition) is 2. The van der Waals surface area contributed by atoms with E-state index >= 15 is 0 Å². The second kappa shape index (κ2) is 5.13. The maximum absolute atomic E-state index is 6.01. The highest BCUT2D eigenvalue weighted by Gasteiger charge is 2.31. The zero-order valence-electron chi connectivity index (χ0n) is 10.2. The molecular formula is C12H25NO. The van der Waals surface area contributed by atoms with E-state index in [-0.39, 0.29) is 0 Å². The predicted octanol–water partition coefficient (Wildman–Crippen LogP) is 2.43. The van der Waals surface area contributed by atoms with Crippen molar-refractivity contribution >= 4 is 0 Å². The number of morpholine rings is 1. The highest BCUT2D eigenvalue weighted by molar-refractivity contribution is 4.86. The van der Waals surface area contributed by atoms with Gasteiger partial charge >= 0.3 is 0 Å². The summed E-state index contributed by atoms with van der Waals surface area (Å²) in [6, 6.07) is 0.536. The minimum Gasteiger partial charge on any atom is -0.372 e. The molecule has 0 aromatic heterocycles. The summed E-state index contributed by atoms with van der Waals surface area (Å²) in [5, 5.41) is 3.60. The van der Waals surface area contributed by atoms with Gasteiger partial charge in [-0.15, -0.1) is 0 Å². The third-order valence-electron chi connectivity index (χ3n) is 2.87. The molecule has 1 fully saturated rings. The minimum absolute atomic E-state index is 0.369. The fraction of sp³-hybridized carbons (Fsp3) is 1.00. The summed E-state index contributed by atoms with van der Waals surface area (Å²) in [5.41, 5.74) is 0. The Labute approximate surface area is 88.4 Å². The molecule has 0 spiro atoms. The molecule has 0 aromatic carbocycles. The summed E-state index contributed by atoms with van der Waals surface area (Å²) in [6.07, 6.45) is 1.94. The van der Waals surface area contributed by atoms with E-state index in [1.165, 1.54) is 6.42 Å². The van der Waals surface area contributed by atoms with E-state index in [2.05, 4.69) is 39.9 Å². The number of rotatable bonds is 3. The van der Waals surface area contributed by atoms with Gasteiger partial charge in [0.15, 0.2) is 0 Å². The van der Waals surface area contributed by atoms with Crippen molar-refractivity contribution in [3.8, 4) is 0 Å². The van der Waals surface area contributed by atoms with E-state index < -0.39 is 0 Å². The Hall–Kier alpha value is -0.0800. The number of nitrogens with one attached hydrogen (secondary N) is 1. The first-order chi connectivity index (χ1) is 6.50. The van der Waals surface area contributed by atoms with E-state index in [1.807, 2.05) is 0 Å². The van der Waals surface area contributed by atoms with Crippen LogP contribution >= 0.6 is 0 Å². The first kappa shape index (κ1) is 12.0. The van der Waals surface area contributed by atoms with Gasteiger partial charge < -0.3 is 10.1 Å². The van der Waals surface area contributed by atoms with Crippen LogP contribution in [0.1, 0.15) is 41.0 Å². The van der Waals surface area contributed by atoms with Gasteiger partial charge in [0.2, 0.25) is 0 Å². The Bertz CT molecular complexity index is 166. The third kappa shape index (κ3) is 3.25. The number of ether oxygens (including phenoxy) is 1. The SMILES string of the molecule is CC(C)CC1OC(C)CNC1C(C)C. The molecule has 0 bridgehead atoms. The maximum Gasteiger partial charge on any atom is 0.0737 e. The van der Waals surface area contributed by atoms with E-state index in [0.29, 0.717) is 30.1 Å². The van der Waals surface area contributed by atoms with Crippen molar-refractivity contribution in [2.75, 3.05) is 6.54 Å². The monoisotopic (exact) mass is 199 g/mol. The van der Waals surface area contributed by atoms with Gasteiger partial charge in [-0.05, 0) is 25.2 Å². The first-order valence-corrected chi connectivity index (χ1v) is 5.89. The smallest absolute Gasteiger partial charge is 0.0737 e. The Balaban J connectivity index is 2.54. The lowest BCUT2D eigenvalue weighted by Gasteiger charge is -2.39. The van der Waals surface area contributed by atoms with Crippen LogP contribution in [0.3, 0.4) is 0 Å². The molecular weight excluding hydrogens is 174 g/mol. The molecule has 3 atom stereocenters. The molecule has 2 heteroatoms. The summed E-state index contributed by atoms with van der Waals surface area (Å²) in [5.74, 6) is 1.37. The van der Waals surface area contributed by atoms with Crippen molar-refractivity contribution in [3.63, 3.8) is 0 Å². The molecule has 2 nitrogen and oxygen atoms in total. The van der Waals surface area contributed by atoms with Gasteiger partial charge in [-0.3, -0.25) is 0 Å². The second-order valence-electron chi connectivity index (χ2n) is 5.29. The molecule has 0 aromatic rings. The molecule has 14 heavy (non-hydrogen) atoms. The van der Waals surface area contributed by atoms with Crippen LogP contribution in [0, 0.1) is 11.8 Å². The standard InChI is InChI=1S/C12H25NO/c1-8(2)6-11-12(9(3)4)13-7-10(5)14-11/h8-13H,6-7H2,1-5H3. The van der Waals surface area contributed by atoms with Gasteiger partial charge in [-0.2, -0.15) is 0 Å². The van der Waals surface area contributed by atoms with Crippen molar-refractivity contribution in [3.05, 3.63) is 0 Å². The van der Waals surface area contributed by atoms with Gasteiger partial charge in [0.1, 0.15) is 0 Å². The van der Waals surface area contributed by atoms with Gasteiger partial charge in [0, 0.05) is 12.6 Å². The summed E-state index contributed by atoms with van der Waals surface area (Å²) in [7, 11) is 0. The lowest BCUT2D eigenvalue weighted by molar-refractivity contribution is -0.0721. The van der Waals surface area contributed by atoms with Gasteiger partial charge in [-0.1, -0.05) is 27.7 Å². The largest absolute Gasteiger partial charge is 0.372 e. The topological polar surface area (TPSA) is 21.3 Å². The van der Waals surface area contributed by atoms with Crippen LogP contribution in [0.15, 0.2) is 0 Å². The highest BCUT2D eigenvalue weighted by Crippen LogP contribution is 2.21. The van der Waals surface area contributed by atoms with Crippen molar-refractivity contribution in [1.82, 2.24) is 5.32 Å². The Morgan fingerprint density at radius 3 is 2.43 bits per heavy atom. The molecule has 1 rings (SSSR count). The minimum atomic E-state index is 0.369.